The van der Waals surface area contributed by atoms with Crippen LogP contribution in [0.4, 0.5) is 5.69 Å². The first-order valence-corrected chi connectivity index (χ1v) is 16.5. The van der Waals surface area contributed by atoms with Gasteiger partial charge in [0.1, 0.15) is 12.6 Å². The molecule has 4 aromatic carbocycles. The van der Waals surface area contributed by atoms with Gasteiger partial charge in [0.2, 0.25) is 11.8 Å². The largest absolute Gasteiger partial charge is 0.355 e. The lowest BCUT2D eigenvalue weighted by Crippen LogP contribution is -2.53. The van der Waals surface area contributed by atoms with Gasteiger partial charge in [0, 0.05) is 24.5 Å². The van der Waals surface area contributed by atoms with E-state index in [0.717, 1.165) is 15.4 Å². The second kappa shape index (κ2) is 14.9. The first-order chi connectivity index (χ1) is 21.0. The predicted molar refractivity (Wildman–Crippen MR) is 177 cm³/mol. The van der Waals surface area contributed by atoms with Crippen molar-refractivity contribution in [2.75, 3.05) is 17.4 Å². The lowest BCUT2D eigenvalue weighted by Gasteiger charge is -2.34. The molecule has 2 amide bonds. The number of rotatable bonds is 12. The van der Waals surface area contributed by atoms with Crippen molar-refractivity contribution in [1.82, 2.24) is 10.2 Å². The van der Waals surface area contributed by atoms with Crippen molar-refractivity contribution in [1.29, 1.82) is 0 Å². The van der Waals surface area contributed by atoms with Gasteiger partial charge in [0.25, 0.3) is 10.0 Å². The highest BCUT2D eigenvalue weighted by molar-refractivity contribution is 7.92. The van der Waals surface area contributed by atoms with E-state index >= 15 is 0 Å². The SMILES string of the molecule is CCNC(=O)[C@H](Cc1ccccc1)N(Cc1ccccc1Cl)C(=O)CN(c1cccc(Cl)c1Cl)S(=O)(=O)c1ccc(C)cc1. The number of anilines is 1. The molecule has 4 aromatic rings. The third-order valence-electron chi connectivity index (χ3n) is 7.01. The number of nitrogens with one attached hydrogen (secondary N) is 1. The molecule has 0 fully saturated rings. The molecule has 0 radical (unpaired) electrons. The molecular formula is C33H32Cl3N3O4S. The summed E-state index contributed by atoms with van der Waals surface area (Å²) in [6.07, 6.45) is 0.186. The average molecular weight is 673 g/mol. The normalized spacial score (nSPS) is 11.9. The number of hydrogen-bond acceptors (Lipinski definition) is 4. The highest BCUT2D eigenvalue weighted by Crippen LogP contribution is 2.36. The van der Waals surface area contributed by atoms with E-state index in [4.69, 9.17) is 34.8 Å². The zero-order valence-electron chi connectivity index (χ0n) is 24.2. The monoisotopic (exact) mass is 671 g/mol. The molecule has 7 nitrogen and oxygen atoms in total. The van der Waals surface area contributed by atoms with Gasteiger partial charge >= 0.3 is 0 Å². The summed E-state index contributed by atoms with van der Waals surface area (Å²) in [6, 6.07) is 26.1. The highest BCUT2D eigenvalue weighted by Gasteiger charge is 2.35. The van der Waals surface area contributed by atoms with E-state index in [1.807, 2.05) is 37.3 Å². The van der Waals surface area contributed by atoms with Gasteiger partial charge in [-0.25, -0.2) is 8.42 Å². The first-order valence-electron chi connectivity index (χ1n) is 13.9. The second-order valence-corrected chi connectivity index (χ2v) is 13.2. The summed E-state index contributed by atoms with van der Waals surface area (Å²) in [5.41, 5.74) is 2.31. The number of hydrogen-bond donors (Lipinski definition) is 1. The van der Waals surface area contributed by atoms with Crippen LogP contribution in [0.25, 0.3) is 0 Å². The van der Waals surface area contributed by atoms with Crippen molar-refractivity contribution >= 4 is 62.3 Å². The fraction of sp³-hybridized carbons (Fsp3) is 0.212. The van der Waals surface area contributed by atoms with E-state index < -0.39 is 28.5 Å². The van der Waals surface area contributed by atoms with Gasteiger partial charge in [0.15, 0.2) is 0 Å². The van der Waals surface area contributed by atoms with Gasteiger partial charge in [-0.15, -0.1) is 0 Å². The minimum Gasteiger partial charge on any atom is -0.355 e. The minimum absolute atomic E-state index is 0.0279. The number of carbonyl (C=O) groups is 2. The van der Waals surface area contributed by atoms with Crippen LogP contribution in [0.3, 0.4) is 0 Å². The van der Waals surface area contributed by atoms with Crippen molar-refractivity contribution in [3.8, 4) is 0 Å². The lowest BCUT2D eigenvalue weighted by atomic mass is 10.0. The molecule has 44 heavy (non-hydrogen) atoms. The van der Waals surface area contributed by atoms with Gasteiger partial charge in [-0.3, -0.25) is 13.9 Å². The molecule has 4 rings (SSSR count). The Kier molecular flexibility index (Phi) is 11.3. The second-order valence-electron chi connectivity index (χ2n) is 10.1. The zero-order chi connectivity index (χ0) is 31.9. The number of nitrogens with zero attached hydrogens (tertiary/aromatic N) is 2. The first kappa shape index (κ1) is 33.3. The summed E-state index contributed by atoms with van der Waals surface area (Å²) >= 11 is 19.3. The summed E-state index contributed by atoms with van der Waals surface area (Å²) in [6.45, 7) is 3.26. The van der Waals surface area contributed by atoms with Crippen LogP contribution in [0.5, 0.6) is 0 Å². The number of likely N-dealkylation sites (N-methyl/N-ethyl adjacent to an activating group) is 1. The van der Waals surface area contributed by atoms with Crippen molar-refractivity contribution < 1.29 is 18.0 Å². The Hall–Kier alpha value is -3.56. The number of halogens is 3. The third-order valence-corrected chi connectivity index (χ3v) is 9.96. The number of carbonyl (C=O) groups excluding carboxylic acids is 2. The molecule has 1 atom stereocenters. The number of benzene rings is 4. The molecule has 11 heteroatoms. The molecule has 0 aliphatic rings. The molecule has 0 aliphatic heterocycles. The Bertz CT molecular complexity index is 1720. The summed E-state index contributed by atoms with van der Waals surface area (Å²) in [5, 5.41) is 3.33. The Morgan fingerprint density at radius 2 is 1.45 bits per heavy atom. The maximum atomic E-state index is 14.4. The van der Waals surface area contributed by atoms with Crippen LogP contribution in [-0.4, -0.2) is 44.3 Å². The minimum atomic E-state index is -4.32. The molecule has 0 aliphatic carbocycles. The molecule has 0 saturated heterocycles. The van der Waals surface area contributed by atoms with Gasteiger partial charge < -0.3 is 10.2 Å². The molecule has 0 unspecified atom stereocenters. The van der Waals surface area contributed by atoms with Gasteiger partial charge in [0.05, 0.1) is 20.6 Å². The number of amides is 2. The summed E-state index contributed by atoms with van der Waals surface area (Å²) in [4.78, 5) is 29.3. The average Bonchev–Trinajstić information content (AvgIpc) is 3.01. The fourth-order valence-corrected chi connectivity index (χ4v) is 6.76. The van der Waals surface area contributed by atoms with Crippen LogP contribution >= 0.6 is 34.8 Å². The van der Waals surface area contributed by atoms with Crippen LogP contribution in [0, 0.1) is 6.92 Å². The van der Waals surface area contributed by atoms with Crippen LogP contribution in [0.1, 0.15) is 23.6 Å². The van der Waals surface area contributed by atoms with Crippen LogP contribution < -0.4 is 9.62 Å². The summed E-state index contributed by atoms with van der Waals surface area (Å²) in [5.74, 6) is -1.02. The van der Waals surface area contributed by atoms with Crippen LogP contribution in [0.2, 0.25) is 15.1 Å². The molecule has 1 N–H and O–H groups in total. The predicted octanol–water partition coefficient (Wildman–Crippen LogP) is 6.93. The standard InChI is InChI=1S/C33H32Cl3N3O4S/c1-3-37-33(41)30(20-24-10-5-4-6-11-24)38(21-25-12-7-8-13-27(25)34)31(40)22-39(29-15-9-14-28(35)32(29)36)44(42,43)26-18-16-23(2)17-19-26/h4-19,30H,3,20-22H2,1-2H3,(H,37,41)/t30-/m0/s1. The molecule has 0 saturated carbocycles. The topological polar surface area (TPSA) is 86.8 Å². The van der Waals surface area contributed by atoms with Crippen LogP contribution in [0.15, 0.2) is 102 Å². The van der Waals surface area contributed by atoms with Crippen molar-refractivity contribution in [2.24, 2.45) is 0 Å². The maximum Gasteiger partial charge on any atom is 0.264 e. The van der Waals surface area contributed by atoms with E-state index in [1.165, 1.54) is 29.2 Å². The Morgan fingerprint density at radius 3 is 2.11 bits per heavy atom. The summed E-state index contributed by atoms with van der Waals surface area (Å²) in [7, 11) is -4.32. The smallest absolute Gasteiger partial charge is 0.264 e. The Labute approximate surface area is 273 Å². The van der Waals surface area contributed by atoms with E-state index in [9.17, 15) is 18.0 Å². The van der Waals surface area contributed by atoms with Crippen molar-refractivity contribution in [3.63, 3.8) is 0 Å². The highest BCUT2D eigenvalue weighted by atomic mass is 35.5. The van der Waals surface area contributed by atoms with E-state index in [2.05, 4.69) is 5.32 Å². The number of aryl methyl sites for hydroxylation is 1. The summed E-state index contributed by atoms with van der Waals surface area (Å²) < 4.78 is 29.2. The van der Waals surface area contributed by atoms with Crippen molar-refractivity contribution in [2.45, 2.75) is 37.8 Å². The van der Waals surface area contributed by atoms with Gasteiger partial charge in [-0.1, -0.05) is 107 Å². The molecule has 230 valence electrons. The third kappa shape index (κ3) is 7.93. The van der Waals surface area contributed by atoms with Gasteiger partial charge in [-0.05, 0) is 55.3 Å². The molecule has 0 aromatic heterocycles. The van der Waals surface area contributed by atoms with Crippen molar-refractivity contribution in [3.05, 3.63) is 129 Å². The molecule has 0 bridgehead atoms. The van der Waals surface area contributed by atoms with E-state index in [1.54, 1.807) is 49.4 Å². The van der Waals surface area contributed by atoms with E-state index in [0.29, 0.717) is 17.1 Å². The Balaban J connectivity index is 1.84. The van der Waals surface area contributed by atoms with E-state index in [-0.39, 0.29) is 39.5 Å². The molecule has 0 spiro atoms. The van der Waals surface area contributed by atoms with Gasteiger partial charge in [-0.2, -0.15) is 0 Å². The quantitative estimate of drug-likeness (QED) is 0.177. The molecule has 0 heterocycles. The Morgan fingerprint density at radius 1 is 0.818 bits per heavy atom. The lowest BCUT2D eigenvalue weighted by molar-refractivity contribution is -0.140. The molecular weight excluding hydrogens is 641 g/mol. The maximum absolute atomic E-state index is 14.4. The zero-order valence-corrected chi connectivity index (χ0v) is 27.3. The number of sulfonamides is 1. The fourth-order valence-electron chi connectivity index (χ4n) is 4.69. The van der Waals surface area contributed by atoms with Crippen LogP contribution in [-0.2, 0) is 32.6 Å².